The molecular formula is C11H11N3O4S. The summed E-state index contributed by atoms with van der Waals surface area (Å²) in [7, 11) is -3.79. The average Bonchev–Trinajstić information content (AvgIpc) is 2.85. The van der Waals surface area contributed by atoms with Crippen molar-refractivity contribution in [2.75, 3.05) is 4.72 Å². The monoisotopic (exact) mass is 281 g/mol. The van der Waals surface area contributed by atoms with Gasteiger partial charge in [-0.05, 0) is 30.7 Å². The summed E-state index contributed by atoms with van der Waals surface area (Å²) in [4.78, 5) is 11.0. The number of benzene rings is 1. The molecule has 0 amide bonds. The summed E-state index contributed by atoms with van der Waals surface area (Å²) in [5.74, 6) is -1.11. The zero-order valence-electron chi connectivity index (χ0n) is 9.91. The Morgan fingerprint density at radius 1 is 1.37 bits per heavy atom. The highest BCUT2D eigenvalue weighted by Gasteiger charge is 2.16. The van der Waals surface area contributed by atoms with E-state index in [0.29, 0.717) is 5.56 Å². The highest BCUT2D eigenvalue weighted by Crippen LogP contribution is 2.18. The minimum atomic E-state index is -3.79. The van der Waals surface area contributed by atoms with Gasteiger partial charge >= 0.3 is 5.97 Å². The molecular weight excluding hydrogens is 270 g/mol. The number of nitrogens with one attached hydrogen (secondary N) is 2. The van der Waals surface area contributed by atoms with Crippen molar-refractivity contribution < 1.29 is 18.3 Å². The van der Waals surface area contributed by atoms with Crippen molar-refractivity contribution in [3.63, 3.8) is 0 Å². The number of hydrogen-bond donors (Lipinski definition) is 3. The molecule has 8 heteroatoms. The fraction of sp³-hybridized carbons (Fsp3) is 0.0909. The summed E-state index contributed by atoms with van der Waals surface area (Å²) >= 11 is 0. The molecule has 0 spiro atoms. The van der Waals surface area contributed by atoms with Crippen LogP contribution in [0, 0.1) is 6.92 Å². The molecule has 100 valence electrons. The molecule has 2 aromatic rings. The van der Waals surface area contributed by atoms with Gasteiger partial charge in [-0.3, -0.25) is 9.82 Å². The predicted octanol–water partition coefficient (Wildman–Crippen LogP) is 1.22. The maximum atomic E-state index is 11.9. The maximum absolute atomic E-state index is 11.9. The number of aromatic nitrogens is 2. The Labute approximate surface area is 109 Å². The molecule has 3 N–H and O–H groups in total. The van der Waals surface area contributed by atoms with Crippen molar-refractivity contribution in [3.05, 3.63) is 41.6 Å². The molecule has 0 radical (unpaired) electrons. The van der Waals surface area contributed by atoms with Crippen LogP contribution < -0.4 is 4.72 Å². The second-order valence-electron chi connectivity index (χ2n) is 3.86. The van der Waals surface area contributed by atoms with Gasteiger partial charge in [-0.1, -0.05) is 6.07 Å². The minimum Gasteiger partial charge on any atom is -0.478 e. The lowest BCUT2D eigenvalue weighted by atomic mass is 10.1. The van der Waals surface area contributed by atoms with Gasteiger partial charge in [-0.15, -0.1) is 0 Å². The van der Waals surface area contributed by atoms with Crippen molar-refractivity contribution in [2.45, 2.75) is 11.9 Å². The molecule has 0 saturated carbocycles. The number of aromatic carboxylic acids is 1. The Hall–Kier alpha value is -2.35. The van der Waals surface area contributed by atoms with Gasteiger partial charge in [-0.2, -0.15) is 13.5 Å². The third kappa shape index (κ3) is 2.74. The van der Waals surface area contributed by atoms with E-state index in [1.165, 1.54) is 30.5 Å². The summed E-state index contributed by atoms with van der Waals surface area (Å²) in [6.07, 6.45) is 1.31. The van der Waals surface area contributed by atoms with Crippen LogP contribution in [-0.4, -0.2) is 29.7 Å². The number of carboxylic acid groups (broad SMARTS) is 1. The Kier molecular flexibility index (Phi) is 3.26. The van der Waals surface area contributed by atoms with Crippen LogP contribution in [0.4, 0.5) is 5.69 Å². The lowest BCUT2D eigenvalue weighted by molar-refractivity contribution is 0.0696. The largest absolute Gasteiger partial charge is 0.478 e. The van der Waals surface area contributed by atoms with Gasteiger partial charge in [0.1, 0.15) is 0 Å². The number of anilines is 1. The van der Waals surface area contributed by atoms with E-state index in [2.05, 4.69) is 14.9 Å². The van der Waals surface area contributed by atoms with E-state index in [-0.39, 0.29) is 16.3 Å². The first kappa shape index (κ1) is 13.1. The molecule has 0 aliphatic rings. The molecule has 0 bridgehead atoms. The van der Waals surface area contributed by atoms with Crippen molar-refractivity contribution in [2.24, 2.45) is 0 Å². The van der Waals surface area contributed by atoms with Gasteiger partial charge < -0.3 is 5.11 Å². The molecule has 0 aliphatic carbocycles. The zero-order valence-corrected chi connectivity index (χ0v) is 10.7. The molecule has 7 nitrogen and oxygen atoms in total. The van der Waals surface area contributed by atoms with Crippen molar-refractivity contribution in [1.82, 2.24) is 10.2 Å². The van der Waals surface area contributed by atoms with Crippen molar-refractivity contribution in [1.29, 1.82) is 0 Å². The first-order chi connectivity index (χ1) is 8.90. The molecule has 0 saturated heterocycles. The lowest BCUT2D eigenvalue weighted by Gasteiger charge is -2.08. The van der Waals surface area contributed by atoms with Gasteiger partial charge in [0.2, 0.25) is 0 Å². The number of aromatic amines is 1. The first-order valence-electron chi connectivity index (χ1n) is 5.26. The molecule has 0 aliphatic heterocycles. The maximum Gasteiger partial charge on any atom is 0.336 e. The van der Waals surface area contributed by atoms with Gasteiger partial charge in [0.15, 0.2) is 5.03 Å². The van der Waals surface area contributed by atoms with E-state index >= 15 is 0 Å². The van der Waals surface area contributed by atoms with Crippen LogP contribution in [0.15, 0.2) is 35.5 Å². The zero-order chi connectivity index (χ0) is 14.0. The summed E-state index contributed by atoms with van der Waals surface area (Å²) in [6.45, 7) is 1.64. The fourth-order valence-electron chi connectivity index (χ4n) is 1.52. The summed E-state index contributed by atoms with van der Waals surface area (Å²) in [5, 5.41) is 14.8. The Morgan fingerprint density at radius 2 is 2.11 bits per heavy atom. The van der Waals surface area contributed by atoms with Gasteiger partial charge in [0, 0.05) is 5.69 Å². The molecule has 0 fully saturated rings. The standard InChI is InChI=1S/C11H11N3O4S/c1-7-2-3-8(6-9(7)11(15)16)14-19(17,18)10-4-5-12-13-10/h2-6,14H,1H3,(H,12,13)(H,15,16). The molecule has 1 aromatic carbocycles. The molecule has 0 unspecified atom stereocenters. The number of hydrogen-bond acceptors (Lipinski definition) is 4. The number of sulfonamides is 1. The van der Waals surface area contributed by atoms with Crippen LogP contribution in [0.1, 0.15) is 15.9 Å². The third-order valence-electron chi connectivity index (χ3n) is 2.48. The molecule has 0 atom stereocenters. The van der Waals surface area contributed by atoms with Crippen LogP contribution >= 0.6 is 0 Å². The van der Waals surface area contributed by atoms with E-state index < -0.39 is 16.0 Å². The highest BCUT2D eigenvalue weighted by molar-refractivity contribution is 7.92. The lowest BCUT2D eigenvalue weighted by Crippen LogP contribution is -2.14. The topological polar surface area (TPSA) is 112 Å². The van der Waals surface area contributed by atoms with E-state index in [9.17, 15) is 13.2 Å². The number of aryl methyl sites for hydroxylation is 1. The van der Waals surface area contributed by atoms with Crippen LogP contribution in [0.25, 0.3) is 0 Å². The Bertz CT molecular complexity index is 708. The third-order valence-corrected chi connectivity index (χ3v) is 3.80. The van der Waals surface area contributed by atoms with Crippen LogP contribution in [0.3, 0.4) is 0 Å². The van der Waals surface area contributed by atoms with Gasteiger partial charge in [0.25, 0.3) is 10.0 Å². The van der Waals surface area contributed by atoms with Crippen molar-refractivity contribution >= 4 is 21.7 Å². The summed E-state index contributed by atoms with van der Waals surface area (Å²) in [6, 6.07) is 5.60. The van der Waals surface area contributed by atoms with Crippen LogP contribution in [-0.2, 0) is 10.0 Å². The Morgan fingerprint density at radius 3 is 2.68 bits per heavy atom. The van der Waals surface area contributed by atoms with E-state index in [0.717, 1.165) is 0 Å². The fourth-order valence-corrected chi connectivity index (χ4v) is 2.48. The molecule has 19 heavy (non-hydrogen) atoms. The smallest absolute Gasteiger partial charge is 0.336 e. The van der Waals surface area contributed by atoms with Crippen LogP contribution in [0.5, 0.6) is 0 Å². The second kappa shape index (κ2) is 4.73. The quantitative estimate of drug-likeness (QED) is 0.780. The average molecular weight is 281 g/mol. The second-order valence-corrected chi connectivity index (χ2v) is 5.51. The first-order valence-corrected chi connectivity index (χ1v) is 6.74. The SMILES string of the molecule is Cc1ccc(NS(=O)(=O)c2ccn[nH]2)cc1C(=O)O. The summed E-state index contributed by atoms with van der Waals surface area (Å²) < 4.78 is 26.1. The molecule has 2 rings (SSSR count). The Balaban J connectivity index is 2.35. The molecule has 1 heterocycles. The van der Waals surface area contributed by atoms with Crippen molar-refractivity contribution in [3.8, 4) is 0 Å². The number of carboxylic acids is 1. The van der Waals surface area contributed by atoms with Crippen LogP contribution in [0.2, 0.25) is 0 Å². The molecule has 1 aromatic heterocycles. The summed E-state index contributed by atoms with van der Waals surface area (Å²) in [5.41, 5.74) is 0.777. The number of carbonyl (C=O) groups is 1. The number of nitrogens with zero attached hydrogens (tertiary/aromatic N) is 1. The van der Waals surface area contributed by atoms with E-state index in [1.807, 2.05) is 0 Å². The highest BCUT2D eigenvalue weighted by atomic mass is 32.2. The van der Waals surface area contributed by atoms with E-state index in [4.69, 9.17) is 5.11 Å². The predicted molar refractivity (Wildman–Crippen MR) is 67.5 cm³/mol. The number of rotatable bonds is 4. The minimum absolute atomic E-state index is 0.0461. The number of H-pyrrole nitrogens is 1. The normalized spacial score (nSPS) is 11.2. The van der Waals surface area contributed by atoms with E-state index in [1.54, 1.807) is 6.92 Å². The van der Waals surface area contributed by atoms with Gasteiger partial charge in [0.05, 0.1) is 11.8 Å². The van der Waals surface area contributed by atoms with Gasteiger partial charge in [-0.25, -0.2) is 4.79 Å².